The van der Waals surface area contributed by atoms with Crippen molar-refractivity contribution in [2.24, 2.45) is 0 Å². The van der Waals surface area contributed by atoms with E-state index in [0.29, 0.717) is 0 Å². The summed E-state index contributed by atoms with van der Waals surface area (Å²) >= 11 is 10.0. The molecule has 1 atom stereocenters. The van der Waals surface area contributed by atoms with Crippen LogP contribution in [0.3, 0.4) is 0 Å². The van der Waals surface area contributed by atoms with Gasteiger partial charge in [0.05, 0.1) is 0 Å². The smallest absolute Gasteiger partial charge is 0.0435 e. The Balaban J connectivity index is 1.77. The summed E-state index contributed by atoms with van der Waals surface area (Å²) in [5, 5.41) is 0.770. The fraction of sp³-hybridized carbons (Fsp3) is 0.0769. The van der Waals surface area contributed by atoms with Gasteiger partial charge in [0.1, 0.15) is 0 Å². The summed E-state index contributed by atoms with van der Waals surface area (Å²) in [6.07, 6.45) is 0. The number of fused-ring (bicyclic) bond motifs is 3. The third kappa shape index (κ3) is 2.65. The molecule has 0 amide bonds. The van der Waals surface area contributed by atoms with Crippen molar-refractivity contribution < 1.29 is 0 Å². The standard InChI is InChI=1S/C26H18BrCl/c1-26(19-9-5-8-18(14-19)17-6-3-2-4-7-17)24-12-10-20(27)15-22(24)23-16-21(28)11-13-25(23)26/h2-16H,1H3. The maximum atomic E-state index is 6.36. The molecule has 0 aliphatic heterocycles. The molecular weight excluding hydrogens is 428 g/mol. The van der Waals surface area contributed by atoms with Crippen molar-refractivity contribution in [3.8, 4) is 22.3 Å². The molecule has 4 aromatic rings. The molecule has 136 valence electrons. The molecule has 2 heteroatoms. The van der Waals surface area contributed by atoms with Crippen LogP contribution in [0.15, 0.2) is 95.5 Å². The van der Waals surface area contributed by atoms with Gasteiger partial charge in [-0.3, -0.25) is 0 Å². The van der Waals surface area contributed by atoms with Crippen molar-refractivity contribution in [2.45, 2.75) is 12.3 Å². The van der Waals surface area contributed by atoms with Gasteiger partial charge < -0.3 is 0 Å². The highest BCUT2D eigenvalue weighted by Gasteiger charge is 2.40. The molecule has 0 N–H and O–H groups in total. The molecule has 0 radical (unpaired) electrons. The predicted octanol–water partition coefficient (Wildman–Crippen LogP) is 8.10. The first-order chi connectivity index (χ1) is 13.6. The number of hydrogen-bond donors (Lipinski definition) is 0. The van der Waals surface area contributed by atoms with Crippen LogP contribution in [0.25, 0.3) is 22.3 Å². The van der Waals surface area contributed by atoms with E-state index >= 15 is 0 Å². The third-order valence-corrected chi connectivity index (χ3v) is 6.61. The second-order valence-electron chi connectivity index (χ2n) is 7.45. The topological polar surface area (TPSA) is 0 Å². The lowest BCUT2D eigenvalue weighted by molar-refractivity contribution is 0.714. The Labute approximate surface area is 178 Å². The monoisotopic (exact) mass is 444 g/mol. The van der Waals surface area contributed by atoms with Crippen LogP contribution in [0.4, 0.5) is 0 Å². The molecule has 1 aliphatic rings. The summed E-state index contributed by atoms with van der Waals surface area (Å²) in [7, 11) is 0. The van der Waals surface area contributed by atoms with Gasteiger partial charge in [0, 0.05) is 14.9 Å². The molecule has 4 aromatic carbocycles. The maximum absolute atomic E-state index is 6.36. The molecular formula is C26H18BrCl. The zero-order valence-corrected chi connectivity index (χ0v) is 17.8. The average Bonchev–Trinajstić information content (AvgIpc) is 2.97. The Hall–Kier alpha value is -2.35. The summed E-state index contributed by atoms with van der Waals surface area (Å²) in [4.78, 5) is 0. The maximum Gasteiger partial charge on any atom is 0.0435 e. The largest absolute Gasteiger partial charge is 0.0843 e. The fourth-order valence-corrected chi connectivity index (χ4v) is 4.98. The Morgan fingerprint density at radius 1 is 0.679 bits per heavy atom. The lowest BCUT2D eigenvalue weighted by Crippen LogP contribution is -2.22. The van der Waals surface area contributed by atoms with Gasteiger partial charge in [-0.2, -0.15) is 0 Å². The van der Waals surface area contributed by atoms with E-state index in [9.17, 15) is 0 Å². The second-order valence-corrected chi connectivity index (χ2v) is 8.80. The first-order valence-electron chi connectivity index (χ1n) is 9.34. The molecule has 28 heavy (non-hydrogen) atoms. The van der Waals surface area contributed by atoms with Gasteiger partial charge >= 0.3 is 0 Å². The van der Waals surface area contributed by atoms with Crippen LogP contribution in [-0.2, 0) is 5.41 Å². The SMILES string of the molecule is CC1(c2cccc(-c3ccccc3)c2)c2ccc(Cl)cc2-c2cc(Br)ccc21. The summed E-state index contributed by atoms with van der Waals surface area (Å²) in [5.41, 5.74) is 8.63. The van der Waals surface area contributed by atoms with E-state index in [1.165, 1.54) is 38.9 Å². The van der Waals surface area contributed by atoms with E-state index in [2.05, 4.69) is 108 Å². The molecule has 1 aliphatic carbocycles. The van der Waals surface area contributed by atoms with Gasteiger partial charge in [-0.25, -0.2) is 0 Å². The minimum Gasteiger partial charge on any atom is -0.0843 e. The van der Waals surface area contributed by atoms with Crippen molar-refractivity contribution in [1.82, 2.24) is 0 Å². The van der Waals surface area contributed by atoms with Crippen LogP contribution in [-0.4, -0.2) is 0 Å². The molecule has 0 spiro atoms. The van der Waals surface area contributed by atoms with E-state index in [1.807, 2.05) is 6.07 Å². The van der Waals surface area contributed by atoms with Crippen molar-refractivity contribution in [3.05, 3.63) is 117 Å². The van der Waals surface area contributed by atoms with Gasteiger partial charge in [0.15, 0.2) is 0 Å². The second kappa shape index (κ2) is 6.62. The van der Waals surface area contributed by atoms with Gasteiger partial charge in [0.2, 0.25) is 0 Å². The number of benzene rings is 4. The van der Waals surface area contributed by atoms with Crippen LogP contribution in [0, 0.1) is 0 Å². The third-order valence-electron chi connectivity index (χ3n) is 5.88. The lowest BCUT2D eigenvalue weighted by Gasteiger charge is -2.29. The highest BCUT2D eigenvalue weighted by Crippen LogP contribution is 2.53. The van der Waals surface area contributed by atoms with Gasteiger partial charge in [-0.05, 0) is 76.2 Å². The van der Waals surface area contributed by atoms with Crippen molar-refractivity contribution in [2.75, 3.05) is 0 Å². The van der Waals surface area contributed by atoms with Gasteiger partial charge in [-0.15, -0.1) is 0 Å². The predicted molar refractivity (Wildman–Crippen MR) is 122 cm³/mol. The molecule has 5 rings (SSSR count). The van der Waals surface area contributed by atoms with Crippen LogP contribution >= 0.6 is 27.5 Å². The first kappa shape index (κ1) is 17.7. The summed E-state index contributed by atoms with van der Waals surface area (Å²) in [5.74, 6) is 0. The molecule has 0 aromatic heterocycles. The molecule has 0 saturated carbocycles. The average molecular weight is 446 g/mol. The molecule has 0 nitrogen and oxygen atoms in total. The molecule has 0 saturated heterocycles. The van der Waals surface area contributed by atoms with Crippen LogP contribution < -0.4 is 0 Å². The zero-order chi connectivity index (χ0) is 19.3. The van der Waals surface area contributed by atoms with Crippen molar-refractivity contribution in [1.29, 1.82) is 0 Å². The Kier molecular flexibility index (Phi) is 4.19. The highest BCUT2D eigenvalue weighted by molar-refractivity contribution is 9.10. The van der Waals surface area contributed by atoms with E-state index in [0.717, 1.165) is 9.50 Å². The molecule has 0 heterocycles. The normalized spacial score (nSPS) is 17.2. The van der Waals surface area contributed by atoms with E-state index in [4.69, 9.17) is 11.6 Å². The summed E-state index contributed by atoms with van der Waals surface area (Å²) in [6.45, 7) is 2.32. The van der Waals surface area contributed by atoms with E-state index < -0.39 is 0 Å². The van der Waals surface area contributed by atoms with Crippen LogP contribution in [0.5, 0.6) is 0 Å². The number of halogens is 2. The van der Waals surface area contributed by atoms with Gasteiger partial charge in [-0.1, -0.05) is 88.2 Å². The quantitative estimate of drug-likeness (QED) is 0.292. The lowest BCUT2D eigenvalue weighted by atomic mass is 9.74. The Morgan fingerprint density at radius 2 is 1.36 bits per heavy atom. The Bertz CT molecular complexity index is 1140. The Morgan fingerprint density at radius 3 is 2.14 bits per heavy atom. The van der Waals surface area contributed by atoms with E-state index in [1.54, 1.807) is 0 Å². The van der Waals surface area contributed by atoms with E-state index in [-0.39, 0.29) is 5.41 Å². The molecule has 1 unspecified atom stereocenters. The van der Waals surface area contributed by atoms with Gasteiger partial charge in [0.25, 0.3) is 0 Å². The first-order valence-corrected chi connectivity index (χ1v) is 10.5. The van der Waals surface area contributed by atoms with Crippen molar-refractivity contribution >= 4 is 27.5 Å². The number of hydrogen-bond acceptors (Lipinski definition) is 0. The van der Waals surface area contributed by atoms with Crippen LogP contribution in [0.1, 0.15) is 23.6 Å². The summed E-state index contributed by atoms with van der Waals surface area (Å²) in [6, 6.07) is 32.3. The highest BCUT2D eigenvalue weighted by atomic mass is 79.9. The molecule has 0 bridgehead atoms. The molecule has 0 fully saturated rings. The summed E-state index contributed by atoms with van der Waals surface area (Å²) < 4.78 is 1.08. The number of rotatable bonds is 2. The van der Waals surface area contributed by atoms with Crippen LogP contribution in [0.2, 0.25) is 5.02 Å². The zero-order valence-electron chi connectivity index (χ0n) is 15.4. The fourth-order valence-electron chi connectivity index (χ4n) is 4.45. The minimum absolute atomic E-state index is 0.221. The van der Waals surface area contributed by atoms with Crippen molar-refractivity contribution in [3.63, 3.8) is 0 Å². The minimum atomic E-state index is -0.221.